The van der Waals surface area contributed by atoms with E-state index >= 15 is 0 Å². The normalized spacial score (nSPS) is 18.4. The number of halogens is 3. The van der Waals surface area contributed by atoms with Crippen LogP contribution in [0.5, 0.6) is 5.75 Å². The monoisotopic (exact) mass is 452 g/mol. The number of amidine groups is 1. The van der Waals surface area contributed by atoms with Crippen LogP contribution >= 0.6 is 0 Å². The van der Waals surface area contributed by atoms with Gasteiger partial charge in [0.2, 0.25) is 0 Å². The molecule has 0 bridgehead atoms. The SMILES string of the molecule is C[C@H](Oc1cc(C(=O)NC(C)(CS(C)(=O)=O)/C(N)=N/O)ncc1C1CC1)C(F)(F)F. The van der Waals surface area contributed by atoms with Gasteiger partial charge in [0.15, 0.2) is 11.9 Å². The number of ether oxygens (including phenoxy) is 1. The molecule has 1 unspecified atom stereocenters. The molecule has 1 amide bonds. The second kappa shape index (κ2) is 8.28. The van der Waals surface area contributed by atoms with Crippen molar-refractivity contribution in [3.8, 4) is 5.75 Å². The highest BCUT2D eigenvalue weighted by atomic mass is 32.2. The van der Waals surface area contributed by atoms with Crippen molar-refractivity contribution < 1.29 is 36.3 Å². The predicted molar refractivity (Wildman–Crippen MR) is 101 cm³/mol. The molecule has 30 heavy (non-hydrogen) atoms. The topological polar surface area (TPSA) is 144 Å². The minimum atomic E-state index is -4.60. The molecule has 1 saturated carbocycles. The van der Waals surface area contributed by atoms with Gasteiger partial charge in [-0.1, -0.05) is 5.16 Å². The molecule has 0 spiro atoms. The van der Waals surface area contributed by atoms with Gasteiger partial charge in [-0.2, -0.15) is 13.2 Å². The molecule has 1 heterocycles. The third-order valence-corrected chi connectivity index (χ3v) is 5.62. The summed E-state index contributed by atoms with van der Waals surface area (Å²) in [5.41, 5.74) is 3.92. The van der Waals surface area contributed by atoms with Crippen molar-refractivity contribution in [2.24, 2.45) is 10.9 Å². The van der Waals surface area contributed by atoms with E-state index in [1.807, 2.05) is 0 Å². The Hall–Kier alpha value is -2.57. The zero-order valence-electron chi connectivity index (χ0n) is 16.5. The Kier molecular flexibility index (Phi) is 6.54. The van der Waals surface area contributed by atoms with Gasteiger partial charge in [-0.25, -0.2) is 8.42 Å². The first kappa shape index (κ1) is 23.7. The molecule has 1 fully saturated rings. The number of pyridine rings is 1. The highest BCUT2D eigenvalue weighted by molar-refractivity contribution is 7.90. The third-order valence-electron chi connectivity index (χ3n) is 4.52. The number of sulfone groups is 1. The van der Waals surface area contributed by atoms with E-state index in [9.17, 15) is 26.4 Å². The number of carbonyl (C=O) groups is 1. The van der Waals surface area contributed by atoms with Crippen molar-refractivity contribution >= 4 is 21.6 Å². The van der Waals surface area contributed by atoms with Crippen molar-refractivity contribution in [3.63, 3.8) is 0 Å². The summed E-state index contributed by atoms with van der Waals surface area (Å²) in [6.07, 6.45) is -3.02. The maximum atomic E-state index is 12.9. The van der Waals surface area contributed by atoms with Crippen molar-refractivity contribution in [1.29, 1.82) is 0 Å². The smallest absolute Gasteiger partial charge is 0.425 e. The van der Waals surface area contributed by atoms with Gasteiger partial charge in [0.1, 0.15) is 26.8 Å². The first-order chi connectivity index (χ1) is 13.7. The number of nitrogens with zero attached hydrogens (tertiary/aromatic N) is 2. The lowest BCUT2D eigenvalue weighted by Gasteiger charge is -2.28. The fraction of sp³-hybridized carbons (Fsp3) is 0.588. The van der Waals surface area contributed by atoms with Crippen molar-refractivity contribution in [2.45, 2.75) is 50.4 Å². The Morgan fingerprint density at radius 1 is 1.47 bits per heavy atom. The maximum Gasteiger partial charge on any atom is 0.425 e. The van der Waals surface area contributed by atoms with Gasteiger partial charge in [-0.3, -0.25) is 9.78 Å². The van der Waals surface area contributed by atoms with E-state index in [4.69, 9.17) is 15.7 Å². The first-order valence-corrected chi connectivity index (χ1v) is 10.9. The zero-order chi connectivity index (χ0) is 22.9. The molecule has 9 nitrogen and oxygen atoms in total. The summed E-state index contributed by atoms with van der Waals surface area (Å²) in [6, 6.07) is 1.07. The summed E-state index contributed by atoms with van der Waals surface area (Å²) in [7, 11) is -3.67. The van der Waals surface area contributed by atoms with E-state index < -0.39 is 45.2 Å². The molecular weight excluding hydrogens is 429 g/mol. The second-order valence-corrected chi connectivity index (χ2v) is 9.67. The van der Waals surface area contributed by atoms with Gasteiger partial charge in [0, 0.05) is 24.1 Å². The minimum absolute atomic E-state index is 0.00212. The van der Waals surface area contributed by atoms with E-state index in [-0.39, 0.29) is 17.4 Å². The van der Waals surface area contributed by atoms with Crippen LogP contribution in [0, 0.1) is 0 Å². The molecule has 0 aromatic carbocycles. The van der Waals surface area contributed by atoms with Crippen LogP contribution in [-0.2, 0) is 9.84 Å². The number of nitrogens with two attached hydrogens (primary N) is 1. The molecule has 2 atom stereocenters. The van der Waals surface area contributed by atoms with Crippen LogP contribution < -0.4 is 15.8 Å². The van der Waals surface area contributed by atoms with Crippen LogP contribution in [0.15, 0.2) is 17.4 Å². The van der Waals surface area contributed by atoms with Crippen molar-refractivity contribution in [3.05, 3.63) is 23.5 Å². The van der Waals surface area contributed by atoms with Gasteiger partial charge in [-0.05, 0) is 32.6 Å². The summed E-state index contributed by atoms with van der Waals surface area (Å²) in [5.74, 6) is -2.32. The molecule has 1 aromatic heterocycles. The number of hydrogen-bond acceptors (Lipinski definition) is 7. The van der Waals surface area contributed by atoms with E-state index in [1.54, 1.807) is 0 Å². The summed E-state index contributed by atoms with van der Waals surface area (Å²) >= 11 is 0. The zero-order valence-corrected chi connectivity index (χ0v) is 17.3. The molecule has 13 heteroatoms. The van der Waals surface area contributed by atoms with Crippen LogP contribution in [0.25, 0.3) is 0 Å². The number of carbonyl (C=O) groups excluding carboxylic acids is 1. The number of oxime groups is 1. The van der Waals surface area contributed by atoms with E-state index in [1.165, 1.54) is 13.1 Å². The molecule has 1 aromatic rings. The molecule has 0 saturated heterocycles. The quantitative estimate of drug-likeness (QED) is 0.235. The second-order valence-electron chi connectivity index (χ2n) is 7.52. The molecule has 1 aliphatic carbocycles. The largest absolute Gasteiger partial charge is 0.481 e. The number of rotatable bonds is 8. The summed E-state index contributed by atoms with van der Waals surface area (Å²) in [4.78, 5) is 16.6. The minimum Gasteiger partial charge on any atom is -0.481 e. The Balaban J connectivity index is 2.35. The van der Waals surface area contributed by atoms with Gasteiger partial charge in [0.05, 0.1) is 5.75 Å². The number of nitrogens with one attached hydrogen (secondary N) is 1. The van der Waals surface area contributed by atoms with Crippen LogP contribution in [0.2, 0.25) is 0 Å². The molecule has 168 valence electrons. The lowest BCUT2D eigenvalue weighted by atomic mass is 10.0. The fourth-order valence-electron chi connectivity index (χ4n) is 2.76. The molecule has 1 aliphatic rings. The lowest BCUT2D eigenvalue weighted by molar-refractivity contribution is -0.189. The van der Waals surface area contributed by atoms with Crippen LogP contribution in [0.3, 0.4) is 0 Å². The van der Waals surface area contributed by atoms with Gasteiger partial charge in [0.25, 0.3) is 5.91 Å². The Labute approximate surface area is 171 Å². The van der Waals surface area contributed by atoms with E-state index in [0.29, 0.717) is 5.56 Å². The first-order valence-electron chi connectivity index (χ1n) is 8.88. The molecule has 0 radical (unpaired) electrons. The summed E-state index contributed by atoms with van der Waals surface area (Å²) < 4.78 is 67.2. The number of alkyl halides is 3. The van der Waals surface area contributed by atoms with Gasteiger partial charge in [-0.15, -0.1) is 0 Å². The van der Waals surface area contributed by atoms with Crippen LogP contribution in [-0.4, -0.2) is 60.2 Å². The number of aromatic nitrogens is 1. The Morgan fingerprint density at radius 3 is 2.53 bits per heavy atom. The average Bonchev–Trinajstić information content (AvgIpc) is 3.43. The fourth-order valence-corrected chi connectivity index (χ4v) is 4.02. The van der Waals surface area contributed by atoms with Gasteiger partial charge >= 0.3 is 6.18 Å². The number of amides is 1. The Morgan fingerprint density at radius 2 is 2.07 bits per heavy atom. The highest BCUT2D eigenvalue weighted by Gasteiger charge is 2.40. The molecule has 4 N–H and O–H groups in total. The van der Waals surface area contributed by atoms with E-state index in [0.717, 1.165) is 32.1 Å². The standard InChI is InChI=1S/C17H23F3N4O5S/c1-9(17(18,19)20)29-13-6-12(22-7-11(13)10-4-5-10)14(25)23-16(2,15(21)24-26)8-30(3,27)28/h6-7,9-10,26H,4-5,8H2,1-3H3,(H2,21,24)(H,23,25)/t9-,16?/m0/s1. The van der Waals surface area contributed by atoms with Crippen LogP contribution in [0.1, 0.15) is 48.7 Å². The molecule has 2 rings (SSSR count). The molecule has 0 aliphatic heterocycles. The van der Waals surface area contributed by atoms with Gasteiger partial charge < -0.3 is 21.0 Å². The predicted octanol–water partition coefficient (Wildman–Crippen LogP) is 1.57. The maximum absolute atomic E-state index is 12.9. The Bertz CT molecular complexity index is 947. The average molecular weight is 452 g/mol. The van der Waals surface area contributed by atoms with Crippen LogP contribution in [0.4, 0.5) is 13.2 Å². The molecular formula is C17H23F3N4O5S. The number of hydrogen-bond donors (Lipinski definition) is 3. The summed E-state index contributed by atoms with van der Waals surface area (Å²) in [6.45, 7) is 2.07. The third kappa shape index (κ3) is 5.97. The summed E-state index contributed by atoms with van der Waals surface area (Å²) in [5, 5.41) is 14.0. The van der Waals surface area contributed by atoms with Crippen molar-refractivity contribution in [2.75, 3.05) is 12.0 Å². The lowest BCUT2D eigenvalue weighted by Crippen LogP contribution is -2.59. The van der Waals surface area contributed by atoms with Crippen molar-refractivity contribution in [1.82, 2.24) is 10.3 Å². The van der Waals surface area contributed by atoms with E-state index in [2.05, 4.69) is 15.5 Å². The highest BCUT2D eigenvalue weighted by Crippen LogP contribution is 2.44.